The van der Waals surface area contributed by atoms with E-state index < -0.39 is 16.5 Å². The fourth-order valence-electron chi connectivity index (χ4n) is 2.95. The SMILES string of the molecule is COC(=O)c1nn(CCC2CCN(C(=O)OC(C)(C)C)CC2)cc1[N+](=O)[O-]. The Morgan fingerprint density at radius 1 is 1.33 bits per heavy atom. The maximum Gasteiger partial charge on any atom is 0.410 e. The van der Waals surface area contributed by atoms with Crippen molar-refractivity contribution in [2.45, 2.75) is 52.2 Å². The van der Waals surface area contributed by atoms with Gasteiger partial charge in [-0.25, -0.2) is 9.59 Å². The van der Waals surface area contributed by atoms with Crippen LogP contribution in [0.25, 0.3) is 0 Å². The molecule has 1 fully saturated rings. The van der Waals surface area contributed by atoms with Crippen molar-refractivity contribution < 1.29 is 24.0 Å². The standard InChI is InChI=1S/C17H26N4O6/c1-17(2,3)27-16(23)19-8-5-12(6-9-19)7-10-20-11-13(21(24)25)14(18-20)15(22)26-4/h11-12H,5-10H2,1-4H3. The van der Waals surface area contributed by atoms with E-state index in [0.717, 1.165) is 26.4 Å². The number of methoxy groups -OCH3 is 1. The molecule has 1 aliphatic heterocycles. The molecule has 0 spiro atoms. The first-order valence-corrected chi connectivity index (χ1v) is 8.89. The van der Waals surface area contributed by atoms with Crippen LogP contribution in [0.3, 0.4) is 0 Å². The highest BCUT2D eigenvalue weighted by Crippen LogP contribution is 2.24. The van der Waals surface area contributed by atoms with Crippen LogP contribution in [0.4, 0.5) is 10.5 Å². The number of amides is 1. The number of hydrogen-bond donors (Lipinski definition) is 0. The molecule has 0 atom stereocenters. The van der Waals surface area contributed by atoms with Crippen LogP contribution in [0.5, 0.6) is 0 Å². The summed E-state index contributed by atoms with van der Waals surface area (Å²) in [5, 5.41) is 15.0. The molecule has 1 saturated heterocycles. The van der Waals surface area contributed by atoms with Crippen LogP contribution < -0.4 is 0 Å². The van der Waals surface area contributed by atoms with E-state index in [4.69, 9.17) is 4.74 Å². The van der Waals surface area contributed by atoms with Crippen LogP contribution in [0.1, 0.15) is 50.5 Å². The molecule has 0 N–H and O–H groups in total. The molecular weight excluding hydrogens is 356 g/mol. The number of ether oxygens (including phenoxy) is 2. The van der Waals surface area contributed by atoms with Crippen molar-refractivity contribution in [2.75, 3.05) is 20.2 Å². The summed E-state index contributed by atoms with van der Waals surface area (Å²) >= 11 is 0. The van der Waals surface area contributed by atoms with Crippen LogP contribution in [0, 0.1) is 16.0 Å². The summed E-state index contributed by atoms with van der Waals surface area (Å²) in [5.74, 6) is -0.459. The molecule has 1 aromatic heterocycles. The third kappa shape index (κ3) is 5.66. The number of esters is 1. The number of nitro groups is 1. The zero-order chi connectivity index (χ0) is 20.2. The molecule has 1 aliphatic rings. The molecule has 150 valence electrons. The molecular formula is C17H26N4O6. The summed E-state index contributed by atoms with van der Waals surface area (Å²) in [6.45, 7) is 7.20. The predicted octanol–water partition coefficient (Wildman–Crippen LogP) is 2.62. The minimum atomic E-state index is -0.828. The highest BCUT2D eigenvalue weighted by Gasteiger charge is 2.28. The number of aromatic nitrogens is 2. The van der Waals surface area contributed by atoms with Crippen molar-refractivity contribution in [3.8, 4) is 0 Å². The molecule has 0 radical (unpaired) electrons. The lowest BCUT2D eigenvalue weighted by atomic mass is 9.94. The molecule has 10 nitrogen and oxygen atoms in total. The summed E-state index contributed by atoms with van der Waals surface area (Å²) in [7, 11) is 1.16. The third-order valence-electron chi connectivity index (χ3n) is 4.35. The van der Waals surface area contributed by atoms with Crippen molar-refractivity contribution >= 4 is 17.7 Å². The smallest absolute Gasteiger partial charge is 0.410 e. The van der Waals surface area contributed by atoms with Gasteiger partial charge in [0.2, 0.25) is 5.69 Å². The number of piperidine rings is 1. The monoisotopic (exact) mass is 382 g/mol. The van der Waals surface area contributed by atoms with E-state index in [2.05, 4.69) is 9.84 Å². The van der Waals surface area contributed by atoms with Gasteiger partial charge < -0.3 is 14.4 Å². The Hall–Kier alpha value is -2.65. The second-order valence-corrected chi connectivity index (χ2v) is 7.57. The molecule has 2 rings (SSSR count). The molecule has 0 aromatic carbocycles. The van der Waals surface area contributed by atoms with Gasteiger partial charge in [0.05, 0.1) is 12.0 Å². The fraction of sp³-hybridized carbons (Fsp3) is 0.706. The maximum atomic E-state index is 12.1. The highest BCUT2D eigenvalue weighted by molar-refractivity contribution is 5.91. The topological polar surface area (TPSA) is 117 Å². The van der Waals surface area contributed by atoms with Crippen LogP contribution in [-0.2, 0) is 16.0 Å². The third-order valence-corrected chi connectivity index (χ3v) is 4.35. The summed E-state index contributed by atoms with van der Waals surface area (Å²) in [5.41, 5.74) is -1.16. The van der Waals surface area contributed by atoms with Crippen molar-refractivity contribution in [3.63, 3.8) is 0 Å². The number of carbonyl (C=O) groups excluding carboxylic acids is 2. The molecule has 0 unspecified atom stereocenters. The fourth-order valence-corrected chi connectivity index (χ4v) is 2.95. The first-order valence-electron chi connectivity index (χ1n) is 8.89. The Morgan fingerprint density at radius 2 is 1.96 bits per heavy atom. The summed E-state index contributed by atoms with van der Waals surface area (Å²) < 4.78 is 11.3. The van der Waals surface area contributed by atoms with Gasteiger partial charge in [-0.3, -0.25) is 14.8 Å². The van der Waals surface area contributed by atoms with E-state index in [1.807, 2.05) is 20.8 Å². The number of rotatable bonds is 5. The number of carbonyl (C=O) groups is 2. The van der Waals surface area contributed by atoms with Crippen LogP contribution in [0.15, 0.2) is 6.20 Å². The second-order valence-electron chi connectivity index (χ2n) is 7.57. The van der Waals surface area contributed by atoms with Crippen LogP contribution >= 0.6 is 0 Å². The van der Waals surface area contributed by atoms with Crippen molar-refractivity contribution in [1.82, 2.24) is 14.7 Å². The Kier molecular flexibility index (Phi) is 6.40. The van der Waals surface area contributed by atoms with Gasteiger partial charge in [0, 0.05) is 19.6 Å². The van der Waals surface area contributed by atoms with Gasteiger partial charge >= 0.3 is 17.7 Å². The maximum absolute atomic E-state index is 12.1. The van der Waals surface area contributed by atoms with E-state index in [-0.39, 0.29) is 17.5 Å². The largest absolute Gasteiger partial charge is 0.464 e. The Bertz CT molecular complexity index is 701. The number of nitrogens with zero attached hydrogens (tertiary/aromatic N) is 4. The lowest BCUT2D eigenvalue weighted by Crippen LogP contribution is -2.41. The summed E-state index contributed by atoms with van der Waals surface area (Å²) in [4.78, 5) is 35.8. The van der Waals surface area contributed by atoms with Gasteiger partial charge in [-0.05, 0) is 46.0 Å². The average molecular weight is 382 g/mol. The van der Waals surface area contributed by atoms with E-state index in [0.29, 0.717) is 25.6 Å². The quantitative estimate of drug-likeness (QED) is 0.436. The number of hydrogen-bond acceptors (Lipinski definition) is 7. The predicted molar refractivity (Wildman–Crippen MR) is 95.4 cm³/mol. The summed E-state index contributed by atoms with van der Waals surface area (Å²) in [6.07, 6.45) is 3.36. The van der Waals surface area contributed by atoms with Crippen molar-refractivity contribution in [3.05, 3.63) is 22.0 Å². The van der Waals surface area contributed by atoms with Crippen molar-refractivity contribution in [2.24, 2.45) is 5.92 Å². The normalized spacial score (nSPS) is 15.5. The van der Waals surface area contributed by atoms with E-state index in [1.165, 1.54) is 10.9 Å². The van der Waals surface area contributed by atoms with Gasteiger partial charge in [0.25, 0.3) is 0 Å². The molecule has 10 heteroatoms. The van der Waals surface area contributed by atoms with Gasteiger partial charge in [-0.1, -0.05) is 0 Å². The van der Waals surface area contributed by atoms with E-state index >= 15 is 0 Å². The Labute approximate surface area is 157 Å². The first-order chi connectivity index (χ1) is 12.6. The second kappa shape index (κ2) is 8.36. The molecule has 0 saturated carbocycles. The molecule has 1 aromatic rings. The van der Waals surface area contributed by atoms with Gasteiger partial charge in [-0.2, -0.15) is 5.10 Å². The zero-order valence-electron chi connectivity index (χ0n) is 16.1. The summed E-state index contributed by atoms with van der Waals surface area (Å²) in [6, 6.07) is 0. The molecule has 1 amide bonds. The van der Waals surface area contributed by atoms with E-state index in [1.54, 1.807) is 4.90 Å². The Morgan fingerprint density at radius 3 is 2.48 bits per heavy atom. The number of aryl methyl sites for hydroxylation is 1. The minimum Gasteiger partial charge on any atom is -0.464 e. The first kappa shape index (κ1) is 20.7. The van der Waals surface area contributed by atoms with Crippen LogP contribution in [-0.4, -0.2) is 57.5 Å². The molecule has 0 aliphatic carbocycles. The average Bonchev–Trinajstić information content (AvgIpc) is 3.03. The van der Waals surface area contributed by atoms with Gasteiger partial charge in [-0.15, -0.1) is 0 Å². The lowest BCUT2D eigenvalue weighted by molar-refractivity contribution is -0.385. The van der Waals surface area contributed by atoms with E-state index in [9.17, 15) is 19.7 Å². The molecule has 27 heavy (non-hydrogen) atoms. The lowest BCUT2D eigenvalue weighted by Gasteiger charge is -2.33. The number of likely N-dealkylation sites (tertiary alicyclic amines) is 1. The van der Waals surface area contributed by atoms with Gasteiger partial charge in [0.1, 0.15) is 11.8 Å². The zero-order valence-corrected chi connectivity index (χ0v) is 16.1. The van der Waals surface area contributed by atoms with Crippen LogP contribution in [0.2, 0.25) is 0 Å². The van der Waals surface area contributed by atoms with Crippen molar-refractivity contribution in [1.29, 1.82) is 0 Å². The highest BCUT2D eigenvalue weighted by atomic mass is 16.6. The molecule has 2 heterocycles. The molecule has 0 bridgehead atoms. The minimum absolute atomic E-state index is 0.290. The van der Waals surface area contributed by atoms with Gasteiger partial charge in [0.15, 0.2) is 0 Å². The Balaban J connectivity index is 1.87.